The van der Waals surface area contributed by atoms with Gasteiger partial charge in [0, 0.05) is 18.8 Å². The van der Waals surface area contributed by atoms with E-state index in [9.17, 15) is 9.59 Å². The van der Waals surface area contributed by atoms with Crippen LogP contribution in [0.3, 0.4) is 0 Å². The molecule has 0 saturated heterocycles. The molecule has 1 aromatic carbocycles. The van der Waals surface area contributed by atoms with E-state index in [4.69, 9.17) is 18.0 Å². The number of aromatic nitrogens is 2. The SMILES string of the molecule is CCCCn1c(N)c(N(CCC)C(=S)Nc2ccccc2CC)c(=O)[nH]c1=O. The van der Waals surface area contributed by atoms with E-state index in [2.05, 4.69) is 17.2 Å². The van der Waals surface area contributed by atoms with Crippen molar-refractivity contribution >= 4 is 34.5 Å². The van der Waals surface area contributed by atoms with Crippen LogP contribution in [0.2, 0.25) is 0 Å². The molecule has 4 N–H and O–H groups in total. The fourth-order valence-electron chi connectivity index (χ4n) is 3.05. The molecule has 0 aliphatic heterocycles. The lowest BCUT2D eigenvalue weighted by Crippen LogP contribution is -2.43. The molecule has 8 heteroatoms. The Balaban J connectivity index is 2.46. The van der Waals surface area contributed by atoms with Crippen molar-refractivity contribution in [2.24, 2.45) is 0 Å². The highest BCUT2D eigenvalue weighted by atomic mass is 32.1. The predicted molar refractivity (Wildman–Crippen MR) is 120 cm³/mol. The van der Waals surface area contributed by atoms with Crippen molar-refractivity contribution in [1.82, 2.24) is 9.55 Å². The summed E-state index contributed by atoms with van der Waals surface area (Å²) in [5, 5.41) is 3.61. The number of thiocarbonyl (C=S) groups is 1. The average molecular weight is 404 g/mol. The zero-order chi connectivity index (χ0) is 20.7. The van der Waals surface area contributed by atoms with Crippen LogP contribution in [-0.2, 0) is 13.0 Å². The normalized spacial score (nSPS) is 10.7. The van der Waals surface area contributed by atoms with Crippen LogP contribution in [0.15, 0.2) is 33.9 Å². The van der Waals surface area contributed by atoms with Crippen molar-refractivity contribution in [2.45, 2.75) is 53.0 Å². The largest absolute Gasteiger partial charge is 0.383 e. The number of unbranched alkanes of at least 4 members (excludes halogenated alkanes) is 1. The van der Waals surface area contributed by atoms with Crippen LogP contribution in [0, 0.1) is 0 Å². The van der Waals surface area contributed by atoms with Crippen LogP contribution in [0.1, 0.15) is 45.6 Å². The maximum absolute atomic E-state index is 12.6. The van der Waals surface area contributed by atoms with Gasteiger partial charge in [-0.1, -0.05) is 45.4 Å². The van der Waals surface area contributed by atoms with Crippen molar-refractivity contribution in [3.05, 3.63) is 50.7 Å². The molecule has 0 aliphatic rings. The second-order valence-electron chi connectivity index (χ2n) is 6.59. The van der Waals surface area contributed by atoms with Gasteiger partial charge in [-0.3, -0.25) is 14.3 Å². The van der Waals surface area contributed by atoms with E-state index in [0.717, 1.165) is 36.9 Å². The van der Waals surface area contributed by atoms with Crippen LogP contribution in [0.5, 0.6) is 0 Å². The molecule has 0 unspecified atom stereocenters. The number of H-pyrrole nitrogens is 1. The highest BCUT2D eigenvalue weighted by molar-refractivity contribution is 7.80. The molecule has 0 fully saturated rings. The summed E-state index contributed by atoms with van der Waals surface area (Å²) in [6.07, 6.45) is 3.30. The number of hydrogen-bond acceptors (Lipinski definition) is 4. The lowest BCUT2D eigenvalue weighted by Gasteiger charge is -2.27. The lowest BCUT2D eigenvalue weighted by atomic mass is 10.1. The molecule has 0 spiro atoms. The van der Waals surface area contributed by atoms with Gasteiger partial charge in [0.15, 0.2) is 10.8 Å². The second-order valence-corrected chi connectivity index (χ2v) is 6.98. The summed E-state index contributed by atoms with van der Waals surface area (Å²) in [6.45, 7) is 7.04. The topological polar surface area (TPSA) is 96.2 Å². The van der Waals surface area contributed by atoms with Crippen LogP contribution in [-0.4, -0.2) is 21.2 Å². The number of nitrogens with zero attached hydrogens (tertiary/aromatic N) is 2. The van der Waals surface area contributed by atoms with Gasteiger partial charge in [-0.15, -0.1) is 0 Å². The summed E-state index contributed by atoms with van der Waals surface area (Å²) < 4.78 is 1.41. The number of benzene rings is 1. The third-order valence-corrected chi connectivity index (χ3v) is 4.87. The van der Waals surface area contributed by atoms with Gasteiger partial charge in [-0.2, -0.15) is 0 Å². The van der Waals surface area contributed by atoms with E-state index in [1.807, 2.05) is 38.1 Å². The van der Waals surface area contributed by atoms with E-state index in [0.29, 0.717) is 18.2 Å². The van der Waals surface area contributed by atoms with Crippen LogP contribution in [0.25, 0.3) is 0 Å². The molecule has 0 aliphatic carbocycles. The quantitative estimate of drug-likeness (QED) is 0.586. The minimum atomic E-state index is -0.531. The summed E-state index contributed by atoms with van der Waals surface area (Å²) in [6, 6.07) is 7.88. The minimum Gasteiger partial charge on any atom is -0.383 e. The van der Waals surface area contributed by atoms with Crippen molar-refractivity contribution in [3.63, 3.8) is 0 Å². The monoisotopic (exact) mass is 403 g/mol. The van der Waals surface area contributed by atoms with Gasteiger partial charge in [0.2, 0.25) is 0 Å². The molecule has 1 heterocycles. The number of nitrogen functional groups attached to an aromatic ring is 1. The lowest BCUT2D eigenvalue weighted by molar-refractivity contribution is 0.604. The van der Waals surface area contributed by atoms with Gasteiger partial charge >= 0.3 is 5.69 Å². The predicted octanol–water partition coefficient (Wildman–Crippen LogP) is 3.09. The fourth-order valence-corrected chi connectivity index (χ4v) is 3.34. The third kappa shape index (κ3) is 4.81. The van der Waals surface area contributed by atoms with E-state index in [1.54, 1.807) is 4.90 Å². The Morgan fingerprint density at radius 1 is 1.21 bits per heavy atom. The Morgan fingerprint density at radius 2 is 1.93 bits per heavy atom. The van der Waals surface area contributed by atoms with Gasteiger partial charge in [0.1, 0.15) is 5.82 Å². The molecule has 0 saturated carbocycles. The number of aryl methyl sites for hydroxylation is 1. The molecule has 1 aromatic heterocycles. The molecule has 7 nitrogen and oxygen atoms in total. The number of nitrogens with one attached hydrogen (secondary N) is 2. The molecule has 2 rings (SSSR count). The number of hydrogen-bond donors (Lipinski definition) is 3. The molecular formula is C20H29N5O2S. The number of anilines is 3. The molecule has 0 atom stereocenters. The van der Waals surface area contributed by atoms with Gasteiger partial charge < -0.3 is 16.0 Å². The zero-order valence-corrected chi connectivity index (χ0v) is 17.6. The van der Waals surface area contributed by atoms with Crippen molar-refractivity contribution < 1.29 is 0 Å². The number of para-hydroxylation sites is 1. The first-order valence-corrected chi connectivity index (χ1v) is 10.1. The van der Waals surface area contributed by atoms with Gasteiger partial charge in [-0.25, -0.2) is 4.79 Å². The Morgan fingerprint density at radius 3 is 2.57 bits per heavy atom. The molecule has 152 valence electrons. The fraction of sp³-hybridized carbons (Fsp3) is 0.450. The average Bonchev–Trinajstić information content (AvgIpc) is 2.67. The van der Waals surface area contributed by atoms with Crippen molar-refractivity contribution in [3.8, 4) is 0 Å². The van der Waals surface area contributed by atoms with Gasteiger partial charge in [-0.05, 0) is 43.1 Å². The Hall–Kier alpha value is -2.61. The van der Waals surface area contributed by atoms with E-state index >= 15 is 0 Å². The number of rotatable bonds is 8. The van der Waals surface area contributed by atoms with E-state index < -0.39 is 11.2 Å². The third-order valence-electron chi connectivity index (χ3n) is 4.55. The number of nitrogens with two attached hydrogens (primary N) is 1. The van der Waals surface area contributed by atoms with Crippen molar-refractivity contribution in [2.75, 3.05) is 22.5 Å². The summed E-state index contributed by atoms with van der Waals surface area (Å²) in [7, 11) is 0. The summed E-state index contributed by atoms with van der Waals surface area (Å²) in [5.74, 6) is 0.142. The second kappa shape index (κ2) is 10.1. The Kier molecular flexibility index (Phi) is 7.80. The minimum absolute atomic E-state index is 0.142. The molecular weight excluding hydrogens is 374 g/mol. The summed E-state index contributed by atoms with van der Waals surface area (Å²) >= 11 is 5.61. The molecule has 0 amide bonds. The van der Waals surface area contributed by atoms with Crippen LogP contribution >= 0.6 is 12.2 Å². The first kappa shape index (κ1) is 21.7. The van der Waals surface area contributed by atoms with Crippen molar-refractivity contribution in [1.29, 1.82) is 0 Å². The van der Waals surface area contributed by atoms with E-state index in [-0.39, 0.29) is 11.5 Å². The molecule has 0 bridgehead atoms. The Bertz CT molecular complexity index is 935. The summed E-state index contributed by atoms with van der Waals surface area (Å²) in [5.41, 5.74) is 7.46. The van der Waals surface area contributed by atoms with Crippen LogP contribution < -0.4 is 27.2 Å². The highest BCUT2D eigenvalue weighted by Crippen LogP contribution is 2.21. The molecule has 28 heavy (non-hydrogen) atoms. The number of aromatic amines is 1. The van der Waals surface area contributed by atoms with Gasteiger partial charge in [0.25, 0.3) is 5.56 Å². The molecule has 2 aromatic rings. The first-order valence-electron chi connectivity index (χ1n) is 9.73. The highest BCUT2D eigenvalue weighted by Gasteiger charge is 2.22. The van der Waals surface area contributed by atoms with E-state index in [1.165, 1.54) is 4.57 Å². The maximum Gasteiger partial charge on any atom is 0.330 e. The zero-order valence-electron chi connectivity index (χ0n) is 16.7. The maximum atomic E-state index is 12.6. The summed E-state index contributed by atoms with van der Waals surface area (Å²) in [4.78, 5) is 28.9. The standard InChI is InChI=1S/C20H29N5O2S/c1-4-7-13-25-17(21)16(18(26)23-19(25)27)24(12-5-2)20(28)22-15-11-9-8-10-14(15)6-3/h8-11H,4-7,12-13,21H2,1-3H3,(H,22,28)(H,23,26,27). The van der Waals surface area contributed by atoms with Crippen LogP contribution in [0.4, 0.5) is 17.2 Å². The molecule has 0 radical (unpaired) electrons. The smallest absolute Gasteiger partial charge is 0.330 e. The van der Waals surface area contributed by atoms with Gasteiger partial charge in [0.05, 0.1) is 0 Å². The Labute approximate surface area is 170 Å². The first-order chi connectivity index (χ1) is 13.4.